The molecule has 0 fully saturated rings. The first-order valence-corrected chi connectivity index (χ1v) is 31.0. The summed E-state index contributed by atoms with van der Waals surface area (Å²) in [5.41, 5.74) is 0. The lowest BCUT2D eigenvalue weighted by molar-refractivity contribution is -0.123. The molecule has 4 N–H and O–H groups in total. The lowest BCUT2D eigenvalue weighted by Crippen LogP contribution is -2.46. The molecule has 390 valence electrons. The maximum Gasteiger partial charge on any atom is 0.469 e. The quantitative estimate of drug-likeness (QED) is 0.0357. The molecule has 0 aliphatic carbocycles. The number of hydrogen-bond acceptors (Lipinski definition) is 4. The fourth-order valence-corrected chi connectivity index (χ4v) is 10.0. The molecule has 0 saturated carbocycles. The fraction of sp³-hybridized carbons (Fsp3) is 0.982. The van der Waals surface area contributed by atoms with E-state index in [9.17, 15) is 24.3 Å². The Hall–Kier alpha value is -0.460. The zero-order valence-electron chi connectivity index (χ0n) is 43.9. The average molecular weight is 943 g/mol. The lowest BCUT2D eigenvalue weighted by Gasteiger charge is -2.24. The van der Waals surface area contributed by atoms with Gasteiger partial charge in [0.25, 0.3) is 0 Å². The van der Waals surface area contributed by atoms with E-state index in [1.807, 2.05) is 0 Å². The molecule has 0 saturated heterocycles. The Kier molecular flexibility index (Phi) is 52.5. The summed E-state index contributed by atoms with van der Waals surface area (Å²) in [4.78, 5) is 31.1. The minimum atomic E-state index is -4.69. The Morgan fingerprint density at radius 3 is 0.831 bits per heavy atom. The predicted molar refractivity (Wildman–Crippen MR) is 283 cm³/mol. The van der Waals surface area contributed by atoms with Gasteiger partial charge in [0.2, 0.25) is 5.91 Å². The molecule has 0 aromatic heterocycles. The van der Waals surface area contributed by atoms with Gasteiger partial charge < -0.3 is 20.2 Å². The fourth-order valence-electron chi connectivity index (χ4n) is 9.65. The third-order valence-electron chi connectivity index (χ3n) is 14.1. The van der Waals surface area contributed by atoms with Crippen LogP contribution in [0.4, 0.5) is 0 Å². The second-order valence-electron chi connectivity index (χ2n) is 20.7. The van der Waals surface area contributed by atoms with Crippen LogP contribution < -0.4 is 5.32 Å². The second kappa shape index (κ2) is 52.9. The zero-order valence-corrected chi connectivity index (χ0v) is 44.8. The van der Waals surface area contributed by atoms with Gasteiger partial charge in [0.05, 0.1) is 18.8 Å². The molecule has 0 spiro atoms. The van der Waals surface area contributed by atoms with Crippen LogP contribution in [0, 0.1) is 0 Å². The number of aliphatic hydroxyl groups is 1. The predicted octanol–water partition coefficient (Wildman–Crippen LogP) is 18.9. The molecule has 0 rings (SSSR count). The van der Waals surface area contributed by atoms with E-state index in [1.165, 1.54) is 276 Å². The molecular formula is C57H116NO6P. The van der Waals surface area contributed by atoms with Gasteiger partial charge in [-0.1, -0.05) is 322 Å². The largest absolute Gasteiger partial charge is 0.469 e. The van der Waals surface area contributed by atoms with Crippen LogP contribution in [0.15, 0.2) is 0 Å². The van der Waals surface area contributed by atoms with Crippen molar-refractivity contribution in [3.8, 4) is 0 Å². The number of nitrogens with one attached hydrogen (secondary N) is 1. The molecule has 65 heavy (non-hydrogen) atoms. The van der Waals surface area contributed by atoms with Gasteiger partial charge in [0.1, 0.15) is 0 Å². The summed E-state index contributed by atoms with van der Waals surface area (Å²) in [6.45, 7) is 4.16. The first-order valence-electron chi connectivity index (χ1n) is 29.5. The molecule has 0 radical (unpaired) electrons. The summed E-state index contributed by atoms with van der Waals surface area (Å²) in [7, 11) is -4.69. The third kappa shape index (κ3) is 54.3. The van der Waals surface area contributed by atoms with E-state index in [1.54, 1.807) is 0 Å². The van der Waals surface area contributed by atoms with Crippen molar-refractivity contribution in [1.82, 2.24) is 5.32 Å². The number of phosphoric acid groups is 1. The van der Waals surface area contributed by atoms with Crippen molar-refractivity contribution in [2.45, 2.75) is 353 Å². The third-order valence-corrected chi connectivity index (χ3v) is 14.6. The van der Waals surface area contributed by atoms with E-state index in [4.69, 9.17) is 4.52 Å². The molecule has 1 amide bonds. The van der Waals surface area contributed by atoms with Gasteiger partial charge >= 0.3 is 7.82 Å². The molecule has 7 nitrogen and oxygen atoms in total. The molecule has 0 bridgehead atoms. The van der Waals surface area contributed by atoms with Crippen molar-refractivity contribution in [3.63, 3.8) is 0 Å². The van der Waals surface area contributed by atoms with Gasteiger partial charge in [-0.25, -0.2) is 4.57 Å². The van der Waals surface area contributed by atoms with Crippen molar-refractivity contribution < 1.29 is 28.8 Å². The molecule has 0 aromatic rings. The molecule has 0 aliphatic heterocycles. The van der Waals surface area contributed by atoms with Gasteiger partial charge in [0.15, 0.2) is 0 Å². The second-order valence-corrected chi connectivity index (χ2v) is 21.9. The van der Waals surface area contributed by atoms with Crippen LogP contribution in [-0.4, -0.2) is 39.6 Å². The van der Waals surface area contributed by atoms with Crippen LogP contribution in [0.1, 0.15) is 341 Å². The summed E-state index contributed by atoms with van der Waals surface area (Å²) in [6.07, 6.45) is 65.9. The van der Waals surface area contributed by atoms with Crippen molar-refractivity contribution in [2.75, 3.05) is 6.61 Å². The SMILES string of the molecule is CCCCCCCCCCCCCCCCCCCCCCCCCCCCCCCCCCCCCCC(=O)N[C@@H](COP(=O)(O)O)[C@H](O)CCCCCCCCCCCCCCC. The topological polar surface area (TPSA) is 116 Å². The number of unbranched alkanes of at least 4 members (excludes halogenated alkanes) is 47. The Morgan fingerprint density at radius 2 is 0.600 bits per heavy atom. The van der Waals surface area contributed by atoms with Gasteiger partial charge in [-0.3, -0.25) is 9.32 Å². The Balaban J connectivity index is 3.55. The van der Waals surface area contributed by atoms with E-state index >= 15 is 0 Å². The van der Waals surface area contributed by atoms with Crippen LogP contribution in [0.3, 0.4) is 0 Å². The molecule has 0 aliphatic rings. The van der Waals surface area contributed by atoms with Crippen LogP contribution in [0.5, 0.6) is 0 Å². The number of hydrogen-bond donors (Lipinski definition) is 4. The molecule has 0 heterocycles. The van der Waals surface area contributed by atoms with Gasteiger partial charge in [0, 0.05) is 6.42 Å². The highest BCUT2D eigenvalue weighted by Gasteiger charge is 2.25. The highest BCUT2D eigenvalue weighted by molar-refractivity contribution is 7.46. The highest BCUT2D eigenvalue weighted by Crippen LogP contribution is 2.36. The van der Waals surface area contributed by atoms with E-state index in [-0.39, 0.29) is 5.91 Å². The van der Waals surface area contributed by atoms with E-state index < -0.39 is 26.6 Å². The van der Waals surface area contributed by atoms with E-state index in [0.717, 1.165) is 38.5 Å². The molecule has 2 atom stereocenters. The van der Waals surface area contributed by atoms with Crippen LogP contribution >= 0.6 is 7.82 Å². The number of carbonyl (C=O) groups is 1. The number of carbonyl (C=O) groups excluding carboxylic acids is 1. The van der Waals surface area contributed by atoms with Crippen molar-refractivity contribution in [2.24, 2.45) is 0 Å². The first kappa shape index (κ1) is 64.5. The summed E-state index contributed by atoms with van der Waals surface area (Å²) in [6, 6.07) is -0.819. The summed E-state index contributed by atoms with van der Waals surface area (Å²) >= 11 is 0. The lowest BCUT2D eigenvalue weighted by atomic mass is 10.0. The first-order chi connectivity index (χ1) is 31.8. The smallest absolute Gasteiger partial charge is 0.391 e. The molecule has 0 aromatic carbocycles. The summed E-state index contributed by atoms with van der Waals surface area (Å²) < 4.78 is 16.0. The van der Waals surface area contributed by atoms with Crippen LogP contribution in [-0.2, 0) is 13.9 Å². The van der Waals surface area contributed by atoms with Crippen LogP contribution in [0.2, 0.25) is 0 Å². The number of amides is 1. The van der Waals surface area contributed by atoms with Crippen molar-refractivity contribution in [1.29, 1.82) is 0 Å². The number of rotatable bonds is 56. The standard InChI is InChI=1S/C57H116NO6P/c1-3-5-7-9-11-13-15-17-18-19-20-21-22-23-24-25-26-27-28-29-30-31-32-33-34-35-36-37-38-39-41-43-45-47-49-51-53-57(60)58-55(54-64-65(61,62)63)56(59)52-50-48-46-44-42-40-16-14-12-10-8-6-4-2/h55-56,59H,3-54H2,1-2H3,(H,58,60)(H2,61,62,63)/t55-,56+/m0/s1. The van der Waals surface area contributed by atoms with Gasteiger partial charge in [-0.15, -0.1) is 0 Å². The normalized spacial score (nSPS) is 12.9. The van der Waals surface area contributed by atoms with Crippen molar-refractivity contribution in [3.05, 3.63) is 0 Å². The summed E-state index contributed by atoms with van der Waals surface area (Å²) in [5, 5.41) is 13.6. The number of phosphoric ester groups is 1. The van der Waals surface area contributed by atoms with Gasteiger partial charge in [-0.05, 0) is 12.8 Å². The maximum absolute atomic E-state index is 12.7. The average Bonchev–Trinajstić information content (AvgIpc) is 3.28. The Labute approximate surface area is 406 Å². The molecule has 0 unspecified atom stereocenters. The van der Waals surface area contributed by atoms with Gasteiger partial charge in [-0.2, -0.15) is 0 Å². The van der Waals surface area contributed by atoms with Crippen molar-refractivity contribution >= 4 is 13.7 Å². The monoisotopic (exact) mass is 942 g/mol. The minimum Gasteiger partial charge on any atom is -0.391 e. The highest BCUT2D eigenvalue weighted by atomic mass is 31.2. The maximum atomic E-state index is 12.7. The Bertz CT molecular complexity index is 977. The number of aliphatic hydroxyl groups excluding tert-OH is 1. The molecule has 8 heteroatoms. The van der Waals surface area contributed by atoms with E-state index in [2.05, 4.69) is 19.2 Å². The molecular weight excluding hydrogens is 826 g/mol. The summed E-state index contributed by atoms with van der Waals surface area (Å²) in [5.74, 6) is -0.185. The minimum absolute atomic E-state index is 0.185. The van der Waals surface area contributed by atoms with E-state index in [0.29, 0.717) is 12.8 Å². The van der Waals surface area contributed by atoms with Crippen LogP contribution in [0.25, 0.3) is 0 Å². The zero-order chi connectivity index (χ0) is 47.4. The Morgan fingerprint density at radius 1 is 0.385 bits per heavy atom.